The number of hydrogen-bond donors (Lipinski definition) is 1. The number of ketones is 1. The van der Waals surface area contributed by atoms with E-state index in [1.54, 1.807) is 24.3 Å². The van der Waals surface area contributed by atoms with Crippen LogP contribution in [0.5, 0.6) is 0 Å². The first-order chi connectivity index (χ1) is 12.4. The second-order valence-corrected chi connectivity index (χ2v) is 5.83. The number of amides is 1. The van der Waals surface area contributed by atoms with Crippen LogP contribution in [-0.2, 0) is 11.3 Å². The molecule has 0 saturated heterocycles. The molecule has 0 aliphatic heterocycles. The summed E-state index contributed by atoms with van der Waals surface area (Å²) in [5.41, 5.74) is 0.723. The highest BCUT2D eigenvalue weighted by Crippen LogP contribution is 2.23. The Kier molecular flexibility index (Phi) is 5.04. The monoisotopic (exact) mass is 373 g/mol. The van der Waals surface area contributed by atoms with Gasteiger partial charge in [0.05, 0.1) is 10.6 Å². The van der Waals surface area contributed by atoms with Crippen molar-refractivity contribution < 1.29 is 14.0 Å². The minimum Gasteiger partial charge on any atom is -0.326 e. The molecule has 7 nitrogen and oxygen atoms in total. The molecule has 0 aliphatic rings. The Morgan fingerprint density at radius 1 is 1.23 bits per heavy atom. The number of halogens is 2. The maximum Gasteiger partial charge on any atom is 0.221 e. The van der Waals surface area contributed by atoms with E-state index in [2.05, 4.69) is 20.7 Å². The van der Waals surface area contributed by atoms with E-state index in [1.807, 2.05) is 0 Å². The average Bonchev–Trinajstić information content (AvgIpc) is 3.03. The van der Waals surface area contributed by atoms with Gasteiger partial charge in [0, 0.05) is 18.2 Å². The minimum absolute atomic E-state index is 0.129. The number of Topliss-reactive ketones (excluding diaryl/α,β-unsaturated/α-hetero) is 1. The van der Waals surface area contributed by atoms with Gasteiger partial charge in [0.2, 0.25) is 11.7 Å². The van der Waals surface area contributed by atoms with Crippen molar-refractivity contribution in [1.82, 2.24) is 20.2 Å². The van der Waals surface area contributed by atoms with Crippen LogP contribution in [0.1, 0.15) is 17.3 Å². The maximum atomic E-state index is 14.1. The van der Waals surface area contributed by atoms with Crippen molar-refractivity contribution in [1.29, 1.82) is 0 Å². The molecule has 0 saturated carbocycles. The van der Waals surface area contributed by atoms with Crippen molar-refractivity contribution in [3.05, 3.63) is 58.9 Å². The number of rotatable bonds is 5. The number of carbonyl (C=O) groups is 2. The number of aromatic nitrogens is 4. The third-order valence-electron chi connectivity index (χ3n) is 3.44. The van der Waals surface area contributed by atoms with Gasteiger partial charge in [-0.2, -0.15) is 4.80 Å². The van der Waals surface area contributed by atoms with Gasteiger partial charge in [-0.25, -0.2) is 4.39 Å². The van der Waals surface area contributed by atoms with Gasteiger partial charge < -0.3 is 5.32 Å². The highest BCUT2D eigenvalue weighted by atomic mass is 35.5. The van der Waals surface area contributed by atoms with Crippen LogP contribution in [0.25, 0.3) is 11.4 Å². The molecule has 0 atom stereocenters. The van der Waals surface area contributed by atoms with Crippen molar-refractivity contribution in [2.24, 2.45) is 0 Å². The van der Waals surface area contributed by atoms with E-state index in [1.165, 1.54) is 19.1 Å². The average molecular weight is 374 g/mol. The highest BCUT2D eigenvalue weighted by molar-refractivity contribution is 6.33. The van der Waals surface area contributed by atoms with Crippen LogP contribution in [0.2, 0.25) is 5.02 Å². The largest absolute Gasteiger partial charge is 0.326 e. The van der Waals surface area contributed by atoms with Gasteiger partial charge in [0.25, 0.3) is 0 Å². The molecule has 132 valence electrons. The molecule has 9 heteroatoms. The molecule has 1 aromatic heterocycles. The summed E-state index contributed by atoms with van der Waals surface area (Å²) in [6.07, 6.45) is 0. The van der Waals surface area contributed by atoms with Crippen LogP contribution in [0.15, 0.2) is 42.5 Å². The number of anilines is 1. The lowest BCUT2D eigenvalue weighted by Gasteiger charge is -2.05. The summed E-state index contributed by atoms with van der Waals surface area (Å²) in [4.78, 5) is 24.4. The summed E-state index contributed by atoms with van der Waals surface area (Å²) < 4.78 is 14.1. The fraction of sp³-hybridized carbons (Fsp3) is 0.118. The van der Waals surface area contributed by atoms with E-state index in [4.69, 9.17) is 11.6 Å². The van der Waals surface area contributed by atoms with Crippen LogP contribution in [0, 0.1) is 5.82 Å². The fourth-order valence-electron chi connectivity index (χ4n) is 2.30. The van der Waals surface area contributed by atoms with Crippen molar-refractivity contribution in [2.75, 3.05) is 5.32 Å². The molecule has 3 aromatic rings. The summed E-state index contributed by atoms with van der Waals surface area (Å²) in [6, 6.07) is 10.8. The Labute approximate surface area is 152 Å². The molecule has 0 unspecified atom stereocenters. The first-order valence-corrected chi connectivity index (χ1v) is 7.95. The summed E-state index contributed by atoms with van der Waals surface area (Å²) in [5, 5.41) is 14.7. The third-order valence-corrected chi connectivity index (χ3v) is 3.77. The zero-order valence-electron chi connectivity index (χ0n) is 13.6. The van der Waals surface area contributed by atoms with Gasteiger partial charge in [-0.3, -0.25) is 9.59 Å². The zero-order chi connectivity index (χ0) is 18.7. The van der Waals surface area contributed by atoms with Gasteiger partial charge >= 0.3 is 0 Å². The summed E-state index contributed by atoms with van der Waals surface area (Å²) in [6.45, 7) is 1.03. The molecule has 0 fully saturated rings. The van der Waals surface area contributed by atoms with E-state index < -0.39 is 11.6 Å². The van der Waals surface area contributed by atoms with Gasteiger partial charge in [0.1, 0.15) is 12.4 Å². The molecule has 3 rings (SSSR count). The lowest BCUT2D eigenvalue weighted by molar-refractivity contribution is -0.114. The van der Waals surface area contributed by atoms with E-state index in [0.29, 0.717) is 10.6 Å². The standard InChI is InChI=1S/C17H13ClFN5O2/c1-10(25)20-11-6-7-13(15(19)8-11)16(26)9-24-22-17(21-23-24)12-4-2-3-5-14(12)18/h2-8H,9H2,1H3,(H,20,25). The van der Waals surface area contributed by atoms with Crippen LogP contribution < -0.4 is 5.32 Å². The van der Waals surface area contributed by atoms with Gasteiger partial charge in [-0.1, -0.05) is 23.7 Å². The fourth-order valence-corrected chi connectivity index (χ4v) is 2.52. The topological polar surface area (TPSA) is 89.8 Å². The SMILES string of the molecule is CC(=O)Nc1ccc(C(=O)Cn2nnc(-c3ccccc3Cl)n2)c(F)c1. The van der Waals surface area contributed by atoms with Gasteiger partial charge in [0.15, 0.2) is 5.78 Å². The molecule has 26 heavy (non-hydrogen) atoms. The van der Waals surface area contributed by atoms with Crippen molar-refractivity contribution in [3.8, 4) is 11.4 Å². The summed E-state index contributed by atoms with van der Waals surface area (Å²) in [7, 11) is 0. The Hall–Kier alpha value is -3.13. The first kappa shape index (κ1) is 17.7. The molecule has 0 bridgehead atoms. The normalized spacial score (nSPS) is 10.6. The molecular weight excluding hydrogens is 361 g/mol. The molecule has 1 N–H and O–H groups in total. The maximum absolute atomic E-state index is 14.1. The van der Waals surface area contributed by atoms with Gasteiger partial charge in [-0.15, -0.1) is 10.2 Å². The molecule has 0 radical (unpaired) electrons. The van der Waals surface area contributed by atoms with E-state index in [0.717, 1.165) is 10.9 Å². The van der Waals surface area contributed by atoms with Crippen LogP contribution in [0.4, 0.5) is 10.1 Å². The van der Waals surface area contributed by atoms with Crippen molar-refractivity contribution in [3.63, 3.8) is 0 Å². The number of carbonyl (C=O) groups excluding carboxylic acids is 2. The number of nitrogens with one attached hydrogen (secondary N) is 1. The van der Waals surface area contributed by atoms with Crippen molar-refractivity contribution in [2.45, 2.75) is 13.5 Å². The number of nitrogens with zero attached hydrogens (tertiary/aromatic N) is 4. The smallest absolute Gasteiger partial charge is 0.221 e. The first-order valence-electron chi connectivity index (χ1n) is 7.57. The van der Waals surface area contributed by atoms with Crippen LogP contribution in [-0.4, -0.2) is 31.9 Å². The van der Waals surface area contributed by atoms with Crippen LogP contribution in [0.3, 0.4) is 0 Å². The Bertz CT molecular complexity index is 989. The Balaban J connectivity index is 1.77. The predicted octanol–water partition coefficient (Wildman–Crippen LogP) is 2.97. The number of tetrazole rings is 1. The van der Waals surface area contributed by atoms with Crippen molar-refractivity contribution >= 4 is 29.0 Å². The minimum atomic E-state index is -0.743. The van der Waals surface area contributed by atoms with E-state index >= 15 is 0 Å². The Morgan fingerprint density at radius 3 is 2.69 bits per heavy atom. The predicted molar refractivity (Wildman–Crippen MR) is 93.3 cm³/mol. The quantitative estimate of drug-likeness (QED) is 0.694. The second-order valence-electron chi connectivity index (χ2n) is 5.42. The molecule has 0 spiro atoms. The van der Waals surface area contributed by atoms with E-state index in [-0.39, 0.29) is 29.5 Å². The third kappa shape index (κ3) is 3.92. The molecule has 0 aliphatic carbocycles. The van der Waals surface area contributed by atoms with Gasteiger partial charge in [-0.05, 0) is 35.5 Å². The summed E-state index contributed by atoms with van der Waals surface area (Å²) in [5.74, 6) is -1.33. The lowest BCUT2D eigenvalue weighted by atomic mass is 10.1. The lowest BCUT2D eigenvalue weighted by Crippen LogP contribution is -2.15. The summed E-state index contributed by atoms with van der Waals surface area (Å²) >= 11 is 6.08. The zero-order valence-corrected chi connectivity index (χ0v) is 14.4. The molecule has 1 amide bonds. The highest BCUT2D eigenvalue weighted by Gasteiger charge is 2.16. The molecule has 1 heterocycles. The molecule has 2 aromatic carbocycles. The Morgan fingerprint density at radius 2 is 2.00 bits per heavy atom. The number of benzene rings is 2. The molecular formula is C17H13ClFN5O2. The van der Waals surface area contributed by atoms with E-state index in [9.17, 15) is 14.0 Å². The number of hydrogen-bond acceptors (Lipinski definition) is 5. The second kappa shape index (κ2) is 7.40. The van der Waals surface area contributed by atoms with Crippen LogP contribution >= 0.6 is 11.6 Å².